The van der Waals surface area contributed by atoms with Gasteiger partial charge in [-0.15, -0.1) is 0 Å². The Hall–Kier alpha value is -0.920. The molecular formula is C16H24N2O3S2. The van der Waals surface area contributed by atoms with Gasteiger partial charge in [0.25, 0.3) is 0 Å². The molecule has 2 rings (SSSR count). The average Bonchev–Trinajstić information content (AvgIpc) is 2.53. The molecule has 128 valence electrons. The smallest absolute Gasteiger partial charge is 0.244 e. The zero-order valence-electron chi connectivity index (χ0n) is 13.9. The third-order valence-corrected chi connectivity index (χ3v) is 6.68. The molecule has 1 aromatic heterocycles. The molecule has 0 spiro atoms. The van der Waals surface area contributed by atoms with Gasteiger partial charge in [-0.3, -0.25) is 4.79 Å². The highest BCUT2D eigenvalue weighted by atomic mass is 32.2. The minimum Gasteiger partial charge on any atom is -0.298 e. The Kier molecular flexibility index (Phi) is 5.86. The number of aromatic nitrogens is 1. The lowest BCUT2D eigenvalue weighted by Crippen LogP contribution is -2.35. The molecule has 0 aromatic carbocycles. The fourth-order valence-electron chi connectivity index (χ4n) is 2.22. The third kappa shape index (κ3) is 4.78. The molecule has 5 nitrogen and oxygen atoms in total. The number of piperidine rings is 1. The lowest BCUT2D eigenvalue weighted by atomic mass is 9.92. The van der Waals surface area contributed by atoms with Crippen molar-refractivity contribution < 1.29 is 13.2 Å². The maximum Gasteiger partial charge on any atom is 0.244 e. The topological polar surface area (TPSA) is 67.3 Å². The molecule has 23 heavy (non-hydrogen) atoms. The van der Waals surface area contributed by atoms with E-state index in [4.69, 9.17) is 0 Å². The van der Waals surface area contributed by atoms with Gasteiger partial charge in [-0.25, -0.2) is 13.4 Å². The Morgan fingerprint density at radius 2 is 1.87 bits per heavy atom. The van der Waals surface area contributed by atoms with Crippen molar-refractivity contribution in [1.29, 1.82) is 0 Å². The molecule has 2 heterocycles. The fraction of sp³-hybridized carbons (Fsp3) is 0.625. The van der Waals surface area contributed by atoms with Gasteiger partial charge in [0.15, 0.2) is 0 Å². The molecule has 0 atom stereocenters. The van der Waals surface area contributed by atoms with Crippen molar-refractivity contribution in [3.8, 4) is 0 Å². The van der Waals surface area contributed by atoms with Crippen molar-refractivity contribution in [2.75, 3.05) is 18.8 Å². The largest absolute Gasteiger partial charge is 0.298 e. The molecule has 1 aliphatic rings. The molecular weight excluding hydrogens is 332 g/mol. The van der Waals surface area contributed by atoms with Gasteiger partial charge in [0.05, 0.1) is 10.8 Å². The number of carbonyl (C=O) groups is 1. The molecule has 0 saturated carbocycles. The second-order valence-corrected chi connectivity index (χ2v) is 9.69. The standard InChI is InChI=1S/C16H24N2O3S2/c1-16(2,3)14(19)12-22-15-8-7-13(11-17-15)23(20,21)18-9-5-4-6-10-18/h7-8,11H,4-6,9-10,12H2,1-3H3. The summed E-state index contributed by atoms with van der Waals surface area (Å²) in [6.07, 6.45) is 4.31. The van der Waals surface area contributed by atoms with E-state index in [1.165, 1.54) is 22.3 Å². The third-order valence-electron chi connectivity index (χ3n) is 3.85. The maximum atomic E-state index is 12.5. The second-order valence-electron chi connectivity index (χ2n) is 6.76. The van der Waals surface area contributed by atoms with Crippen molar-refractivity contribution in [2.45, 2.75) is 50.0 Å². The molecule has 1 aliphatic heterocycles. The zero-order chi connectivity index (χ0) is 17.1. The minimum atomic E-state index is -3.44. The molecule has 0 aliphatic carbocycles. The Morgan fingerprint density at radius 1 is 1.22 bits per heavy atom. The summed E-state index contributed by atoms with van der Waals surface area (Å²) in [6.45, 7) is 6.82. The number of Topliss-reactive ketones (excluding diaryl/α,β-unsaturated/α-hetero) is 1. The van der Waals surface area contributed by atoms with Crippen molar-refractivity contribution in [1.82, 2.24) is 9.29 Å². The maximum absolute atomic E-state index is 12.5. The van der Waals surface area contributed by atoms with E-state index in [0.29, 0.717) is 23.9 Å². The van der Waals surface area contributed by atoms with Crippen LogP contribution in [0.25, 0.3) is 0 Å². The lowest BCUT2D eigenvalue weighted by Gasteiger charge is -2.25. The van der Waals surface area contributed by atoms with E-state index in [0.717, 1.165) is 19.3 Å². The van der Waals surface area contributed by atoms with Gasteiger partial charge >= 0.3 is 0 Å². The Labute approximate surface area is 142 Å². The van der Waals surface area contributed by atoms with E-state index < -0.39 is 10.0 Å². The van der Waals surface area contributed by atoms with Crippen LogP contribution in [-0.2, 0) is 14.8 Å². The molecule has 1 aromatic rings. The quantitative estimate of drug-likeness (QED) is 0.759. The summed E-state index contributed by atoms with van der Waals surface area (Å²) in [7, 11) is -3.44. The summed E-state index contributed by atoms with van der Waals surface area (Å²) in [6, 6.07) is 3.26. The second kappa shape index (κ2) is 7.32. The van der Waals surface area contributed by atoms with E-state index >= 15 is 0 Å². The van der Waals surface area contributed by atoms with E-state index in [1.807, 2.05) is 20.8 Å². The number of nitrogens with zero attached hydrogens (tertiary/aromatic N) is 2. The fourth-order valence-corrected chi connectivity index (χ4v) is 4.68. The number of carbonyl (C=O) groups excluding carboxylic acids is 1. The van der Waals surface area contributed by atoms with Crippen LogP contribution >= 0.6 is 11.8 Å². The summed E-state index contributed by atoms with van der Waals surface area (Å²) in [5, 5.41) is 0.667. The first kappa shape index (κ1) is 18.4. The van der Waals surface area contributed by atoms with Gasteiger partial charge in [0.1, 0.15) is 10.7 Å². The van der Waals surface area contributed by atoms with Crippen LogP contribution in [0.4, 0.5) is 0 Å². The molecule has 1 saturated heterocycles. The van der Waals surface area contributed by atoms with Crippen LogP contribution in [0.5, 0.6) is 0 Å². The van der Waals surface area contributed by atoms with Crippen molar-refractivity contribution >= 4 is 27.6 Å². The molecule has 0 radical (unpaired) electrons. The number of sulfonamides is 1. The number of hydrogen-bond acceptors (Lipinski definition) is 5. The highest BCUT2D eigenvalue weighted by Gasteiger charge is 2.26. The summed E-state index contributed by atoms with van der Waals surface area (Å²) in [5.41, 5.74) is -0.370. The number of ketones is 1. The first-order valence-corrected chi connectivity index (χ1v) is 10.3. The normalized spacial score (nSPS) is 17.2. The van der Waals surface area contributed by atoms with E-state index in [9.17, 15) is 13.2 Å². The number of hydrogen-bond donors (Lipinski definition) is 0. The average molecular weight is 357 g/mol. The highest BCUT2D eigenvalue weighted by molar-refractivity contribution is 7.99. The molecule has 7 heteroatoms. The van der Waals surface area contributed by atoms with Gasteiger partial charge in [0.2, 0.25) is 10.0 Å². The van der Waals surface area contributed by atoms with Crippen LogP contribution in [0.3, 0.4) is 0 Å². The van der Waals surface area contributed by atoms with Crippen LogP contribution in [-0.4, -0.2) is 42.3 Å². The molecule has 0 N–H and O–H groups in total. The van der Waals surface area contributed by atoms with Crippen molar-refractivity contribution in [2.24, 2.45) is 5.41 Å². The first-order valence-electron chi connectivity index (χ1n) is 7.83. The van der Waals surface area contributed by atoms with Crippen LogP contribution in [0.15, 0.2) is 28.3 Å². The van der Waals surface area contributed by atoms with Gasteiger partial charge in [-0.2, -0.15) is 4.31 Å². The van der Waals surface area contributed by atoms with Crippen molar-refractivity contribution in [3.63, 3.8) is 0 Å². The monoisotopic (exact) mass is 356 g/mol. The van der Waals surface area contributed by atoms with Crippen LogP contribution in [0.2, 0.25) is 0 Å². The summed E-state index contributed by atoms with van der Waals surface area (Å²) in [4.78, 5) is 16.3. The number of rotatable bonds is 5. The van der Waals surface area contributed by atoms with E-state index in [2.05, 4.69) is 4.98 Å². The minimum absolute atomic E-state index is 0.148. The van der Waals surface area contributed by atoms with Crippen molar-refractivity contribution in [3.05, 3.63) is 18.3 Å². The van der Waals surface area contributed by atoms with Gasteiger partial charge in [-0.1, -0.05) is 39.0 Å². The predicted molar refractivity (Wildman–Crippen MR) is 92.0 cm³/mol. The van der Waals surface area contributed by atoms with Crippen LogP contribution < -0.4 is 0 Å². The molecule has 0 amide bonds. The Morgan fingerprint density at radius 3 is 2.39 bits per heavy atom. The Bertz CT molecular complexity index is 643. The van der Waals surface area contributed by atoms with Gasteiger partial charge in [-0.05, 0) is 25.0 Å². The van der Waals surface area contributed by atoms with Crippen LogP contribution in [0.1, 0.15) is 40.0 Å². The number of pyridine rings is 1. The van der Waals surface area contributed by atoms with Crippen LogP contribution in [0, 0.1) is 5.41 Å². The SMILES string of the molecule is CC(C)(C)C(=O)CSc1ccc(S(=O)(=O)N2CCCCC2)cn1. The van der Waals surface area contributed by atoms with Gasteiger partial charge < -0.3 is 0 Å². The zero-order valence-corrected chi connectivity index (χ0v) is 15.5. The summed E-state index contributed by atoms with van der Waals surface area (Å²) < 4.78 is 26.6. The summed E-state index contributed by atoms with van der Waals surface area (Å²) in [5.74, 6) is 0.489. The number of thioether (sulfide) groups is 1. The molecule has 0 unspecified atom stereocenters. The molecule has 0 bridgehead atoms. The van der Waals surface area contributed by atoms with E-state index in [-0.39, 0.29) is 16.1 Å². The summed E-state index contributed by atoms with van der Waals surface area (Å²) >= 11 is 1.34. The molecule has 1 fully saturated rings. The van der Waals surface area contributed by atoms with Gasteiger partial charge in [0, 0.05) is 24.7 Å². The predicted octanol–water partition coefficient (Wildman–Crippen LogP) is 2.96. The van der Waals surface area contributed by atoms with E-state index in [1.54, 1.807) is 12.1 Å². The lowest BCUT2D eigenvalue weighted by molar-refractivity contribution is -0.123. The first-order chi connectivity index (χ1) is 10.7. The highest BCUT2D eigenvalue weighted by Crippen LogP contribution is 2.24. The Balaban J connectivity index is 2.03.